The van der Waals surface area contributed by atoms with E-state index in [-0.39, 0.29) is 24.0 Å². The molecule has 0 radical (unpaired) electrons. The lowest BCUT2D eigenvalue weighted by Gasteiger charge is -2.35. The van der Waals surface area contributed by atoms with Crippen molar-refractivity contribution in [3.05, 3.63) is 35.4 Å². The summed E-state index contributed by atoms with van der Waals surface area (Å²) in [5.74, 6) is 0.740. The van der Waals surface area contributed by atoms with Crippen LogP contribution in [-0.4, -0.2) is 70.6 Å². The molecule has 1 aliphatic heterocycles. The van der Waals surface area contributed by atoms with E-state index in [4.69, 9.17) is 14.2 Å². The molecule has 1 N–H and O–H groups in total. The molecule has 0 spiro atoms. The fraction of sp³-hybridized carbons (Fsp3) is 0.650. The third-order valence-corrected chi connectivity index (χ3v) is 4.43. The van der Waals surface area contributed by atoms with Gasteiger partial charge >= 0.3 is 6.18 Å². The Hall–Kier alpha value is -1.11. The van der Waals surface area contributed by atoms with Crippen molar-refractivity contribution in [2.24, 2.45) is 4.99 Å². The number of morpholine rings is 1. The Balaban J connectivity index is 0.00000450. The van der Waals surface area contributed by atoms with Crippen LogP contribution in [0.2, 0.25) is 0 Å². The highest BCUT2D eigenvalue weighted by Gasteiger charge is 2.32. The maximum atomic E-state index is 13.0. The molecule has 172 valence electrons. The van der Waals surface area contributed by atoms with Crippen LogP contribution in [0.4, 0.5) is 13.2 Å². The van der Waals surface area contributed by atoms with Gasteiger partial charge in [0.2, 0.25) is 0 Å². The van der Waals surface area contributed by atoms with Gasteiger partial charge in [-0.05, 0) is 31.0 Å². The minimum Gasteiger partial charge on any atom is -0.382 e. The smallest absolute Gasteiger partial charge is 0.382 e. The number of aliphatic imine (C=N–C) groups is 1. The first-order chi connectivity index (χ1) is 14.0. The Labute approximate surface area is 193 Å². The zero-order valence-corrected chi connectivity index (χ0v) is 19.7. The molecule has 1 saturated heterocycles. The van der Waals surface area contributed by atoms with Gasteiger partial charge in [0, 0.05) is 33.4 Å². The first kappa shape index (κ1) is 26.9. The Kier molecular flexibility index (Phi) is 12.6. The van der Waals surface area contributed by atoms with Gasteiger partial charge in [0.15, 0.2) is 5.96 Å². The van der Waals surface area contributed by atoms with Crippen molar-refractivity contribution in [1.29, 1.82) is 0 Å². The van der Waals surface area contributed by atoms with Crippen molar-refractivity contribution in [2.75, 3.05) is 59.7 Å². The number of hydrogen-bond acceptors (Lipinski definition) is 4. The fourth-order valence-electron chi connectivity index (χ4n) is 2.98. The molecule has 1 heterocycles. The Morgan fingerprint density at radius 2 is 2.10 bits per heavy atom. The molecule has 2 rings (SSSR count). The molecular formula is C20H31F3IN3O3. The Morgan fingerprint density at radius 3 is 2.80 bits per heavy atom. The summed E-state index contributed by atoms with van der Waals surface area (Å²) < 4.78 is 55.1. The second-order valence-electron chi connectivity index (χ2n) is 6.62. The average molecular weight is 545 g/mol. The molecule has 0 aliphatic carbocycles. The van der Waals surface area contributed by atoms with Gasteiger partial charge in [0.1, 0.15) is 6.10 Å². The number of halogens is 4. The highest BCUT2D eigenvalue weighted by Crippen LogP contribution is 2.32. The number of rotatable bonds is 9. The summed E-state index contributed by atoms with van der Waals surface area (Å²) in [5, 5.41) is 3.25. The molecule has 1 aliphatic rings. The number of guanidine groups is 1. The summed E-state index contributed by atoms with van der Waals surface area (Å²) in [6, 6.07) is 5.33. The molecule has 1 unspecified atom stereocenters. The molecule has 0 bridgehead atoms. The van der Waals surface area contributed by atoms with Crippen LogP contribution in [0.3, 0.4) is 0 Å². The van der Waals surface area contributed by atoms with Crippen molar-refractivity contribution in [1.82, 2.24) is 10.2 Å². The van der Waals surface area contributed by atoms with Crippen LogP contribution in [-0.2, 0) is 20.4 Å². The van der Waals surface area contributed by atoms with E-state index in [2.05, 4.69) is 10.3 Å². The maximum absolute atomic E-state index is 13.0. The fourth-order valence-corrected chi connectivity index (χ4v) is 2.98. The van der Waals surface area contributed by atoms with Crippen LogP contribution in [0, 0.1) is 0 Å². The number of nitrogens with one attached hydrogen (secondary N) is 1. The predicted molar refractivity (Wildman–Crippen MR) is 120 cm³/mol. The number of alkyl halides is 3. The summed E-state index contributed by atoms with van der Waals surface area (Å²) in [5.41, 5.74) is -0.142. The van der Waals surface area contributed by atoms with Crippen LogP contribution in [0.5, 0.6) is 0 Å². The molecule has 1 fully saturated rings. The topological polar surface area (TPSA) is 55.3 Å². The van der Waals surface area contributed by atoms with Gasteiger partial charge in [0.05, 0.1) is 31.9 Å². The van der Waals surface area contributed by atoms with Crippen molar-refractivity contribution in [3.8, 4) is 0 Å². The van der Waals surface area contributed by atoms with E-state index in [9.17, 15) is 13.2 Å². The zero-order valence-electron chi connectivity index (χ0n) is 17.4. The van der Waals surface area contributed by atoms with Gasteiger partial charge in [-0.3, -0.25) is 4.99 Å². The number of ether oxygens (including phenoxy) is 3. The molecular weight excluding hydrogens is 514 g/mol. The van der Waals surface area contributed by atoms with E-state index >= 15 is 0 Å². The molecule has 0 amide bonds. The van der Waals surface area contributed by atoms with Gasteiger partial charge < -0.3 is 24.4 Å². The van der Waals surface area contributed by atoms with Crippen LogP contribution in [0.1, 0.15) is 30.6 Å². The zero-order chi connectivity index (χ0) is 21.1. The summed E-state index contributed by atoms with van der Waals surface area (Å²) in [7, 11) is 1.63. The van der Waals surface area contributed by atoms with Gasteiger partial charge in [-0.1, -0.05) is 12.1 Å². The highest BCUT2D eigenvalue weighted by molar-refractivity contribution is 14.0. The minimum absolute atomic E-state index is 0. The second kappa shape index (κ2) is 14.0. The first-order valence-corrected chi connectivity index (χ1v) is 9.84. The molecule has 30 heavy (non-hydrogen) atoms. The predicted octanol–water partition coefficient (Wildman–Crippen LogP) is 3.72. The van der Waals surface area contributed by atoms with Crippen LogP contribution in [0.25, 0.3) is 0 Å². The van der Waals surface area contributed by atoms with Crippen molar-refractivity contribution in [2.45, 2.75) is 25.6 Å². The van der Waals surface area contributed by atoms with Gasteiger partial charge in [0.25, 0.3) is 0 Å². The van der Waals surface area contributed by atoms with E-state index in [1.165, 1.54) is 6.07 Å². The quantitative estimate of drug-likeness (QED) is 0.222. The largest absolute Gasteiger partial charge is 0.416 e. The molecule has 6 nitrogen and oxygen atoms in total. The van der Waals surface area contributed by atoms with Gasteiger partial charge in [-0.2, -0.15) is 13.2 Å². The van der Waals surface area contributed by atoms with Gasteiger partial charge in [-0.15, -0.1) is 24.0 Å². The summed E-state index contributed by atoms with van der Waals surface area (Å²) >= 11 is 0. The standard InChI is InChI=1S/C20H30F3N3O3.HI/c1-3-24-19(25-8-5-10-28-13-12-27-2)26-9-11-29-18(15-26)16-6-4-7-17(14-16)20(21,22)23;/h4,6-7,14,18H,3,5,8-13,15H2,1-2H3,(H,24,25);1H. The number of benzene rings is 1. The summed E-state index contributed by atoms with van der Waals surface area (Å²) in [6.07, 6.45) is -4.03. The lowest BCUT2D eigenvalue weighted by atomic mass is 10.0. The van der Waals surface area contributed by atoms with E-state index in [1.807, 2.05) is 11.8 Å². The normalized spacial score (nSPS) is 17.6. The van der Waals surface area contributed by atoms with Crippen molar-refractivity contribution >= 4 is 29.9 Å². The molecule has 1 aromatic rings. The molecule has 10 heteroatoms. The Bertz CT molecular complexity index is 647. The number of hydrogen-bond donors (Lipinski definition) is 1. The Morgan fingerprint density at radius 1 is 1.30 bits per heavy atom. The van der Waals surface area contributed by atoms with Crippen LogP contribution in [0.15, 0.2) is 29.3 Å². The van der Waals surface area contributed by atoms with E-state index < -0.39 is 17.8 Å². The van der Waals surface area contributed by atoms with E-state index in [1.54, 1.807) is 13.2 Å². The number of nitrogens with zero attached hydrogens (tertiary/aromatic N) is 2. The summed E-state index contributed by atoms with van der Waals surface area (Å²) in [6.45, 7) is 6.50. The molecule has 1 aromatic carbocycles. The van der Waals surface area contributed by atoms with E-state index in [0.717, 1.165) is 24.5 Å². The molecule has 1 atom stereocenters. The van der Waals surface area contributed by atoms with Gasteiger partial charge in [-0.25, -0.2) is 0 Å². The minimum atomic E-state index is -4.37. The lowest BCUT2D eigenvalue weighted by Crippen LogP contribution is -2.48. The SMILES string of the molecule is CCNC(=NCCCOCCOC)N1CCOC(c2cccc(C(F)(F)F)c2)C1.I. The van der Waals surface area contributed by atoms with Crippen LogP contribution >= 0.6 is 24.0 Å². The molecule has 0 aromatic heterocycles. The lowest BCUT2D eigenvalue weighted by molar-refractivity contribution is -0.137. The number of methoxy groups -OCH3 is 1. The van der Waals surface area contributed by atoms with Crippen LogP contribution < -0.4 is 5.32 Å². The average Bonchev–Trinajstić information content (AvgIpc) is 2.72. The monoisotopic (exact) mass is 545 g/mol. The third-order valence-electron chi connectivity index (χ3n) is 4.43. The van der Waals surface area contributed by atoms with Crippen molar-refractivity contribution in [3.63, 3.8) is 0 Å². The molecule has 0 saturated carbocycles. The maximum Gasteiger partial charge on any atom is 0.416 e. The second-order valence-corrected chi connectivity index (χ2v) is 6.62. The third kappa shape index (κ3) is 8.94. The highest BCUT2D eigenvalue weighted by atomic mass is 127. The first-order valence-electron chi connectivity index (χ1n) is 9.84. The van der Waals surface area contributed by atoms with Crippen molar-refractivity contribution < 1.29 is 27.4 Å². The summed E-state index contributed by atoms with van der Waals surface area (Å²) in [4.78, 5) is 6.66. The van der Waals surface area contributed by atoms with E-state index in [0.29, 0.717) is 58.2 Å².